The van der Waals surface area contributed by atoms with Crippen molar-refractivity contribution in [3.05, 3.63) is 0 Å². The lowest BCUT2D eigenvalue weighted by Crippen LogP contribution is -2.46. The van der Waals surface area contributed by atoms with Crippen LogP contribution < -0.4 is 5.32 Å². The molecule has 0 radical (unpaired) electrons. The standard InChI is InChI=1S/C10H19N/c1-8-6-7-11-10-5-3-2-4-9(8)10/h8-11H,2-7H2,1H3/t8-,9-,10+/m0/s1. The first-order chi connectivity index (χ1) is 5.38. The van der Waals surface area contributed by atoms with Crippen LogP contribution in [0.15, 0.2) is 0 Å². The molecule has 1 aliphatic heterocycles. The minimum atomic E-state index is 0.882. The number of hydrogen-bond acceptors (Lipinski definition) is 1. The molecular formula is C10H19N. The molecule has 2 rings (SSSR count). The quantitative estimate of drug-likeness (QED) is 0.562. The van der Waals surface area contributed by atoms with Gasteiger partial charge in [-0.25, -0.2) is 0 Å². The molecule has 1 heterocycles. The summed E-state index contributed by atoms with van der Waals surface area (Å²) < 4.78 is 0. The molecule has 0 bridgehead atoms. The van der Waals surface area contributed by atoms with Gasteiger partial charge >= 0.3 is 0 Å². The van der Waals surface area contributed by atoms with Crippen molar-refractivity contribution in [2.45, 2.75) is 45.1 Å². The highest BCUT2D eigenvalue weighted by Crippen LogP contribution is 2.34. The van der Waals surface area contributed by atoms with E-state index in [1.165, 1.54) is 38.6 Å². The van der Waals surface area contributed by atoms with Crippen LogP contribution in [0, 0.1) is 11.8 Å². The number of nitrogens with one attached hydrogen (secondary N) is 1. The lowest BCUT2D eigenvalue weighted by molar-refractivity contribution is 0.151. The van der Waals surface area contributed by atoms with Crippen LogP contribution in [-0.4, -0.2) is 12.6 Å². The van der Waals surface area contributed by atoms with E-state index in [0.29, 0.717) is 0 Å². The summed E-state index contributed by atoms with van der Waals surface area (Å²) >= 11 is 0. The van der Waals surface area contributed by atoms with Crippen molar-refractivity contribution >= 4 is 0 Å². The number of piperidine rings is 1. The van der Waals surface area contributed by atoms with Gasteiger partial charge in [0.25, 0.3) is 0 Å². The Morgan fingerprint density at radius 3 is 2.73 bits per heavy atom. The van der Waals surface area contributed by atoms with Crippen molar-refractivity contribution in [1.29, 1.82) is 0 Å². The molecular weight excluding hydrogens is 134 g/mol. The predicted octanol–water partition coefficient (Wildman–Crippen LogP) is 2.17. The van der Waals surface area contributed by atoms with Gasteiger partial charge in [-0.15, -0.1) is 0 Å². The van der Waals surface area contributed by atoms with Gasteiger partial charge in [-0.2, -0.15) is 0 Å². The van der Waals surface area contributed by atoms with Crippen LogP contribution in [0.4, 0.5) is 0 Å². The molecule has 3 atom stereocenters. The first-order valence-electron chi connectivity index (χ1n) is 5.11. The van der Waals surface area contributed by atoms with Crippen molar-refractivity contribution in [3.63, 3.8) is 0 Å². The van der Waals surface area contributed by atoms with E-state index in [2.05, 4.69) is 12.2 Å². The summed E-state index contributed by atoms with van der Waals surface area (Å²) in [4.78, 5) is 0. The lowest BCUT2D eigenvalue weighted by Gasteiger charge is -2.40. The normalized spacial score (nSPS) is 45.0. The molecule has 0 aromatic heterocycles. The second-order valence-electron chi connectivity index (χ2n) is 4.27. The van der Waals surface area contributed by atoms with E-state index in [1.807, 2.05) is 0 Å². The third kappa shape index (κ3) is 1.44. The summed E-state index contributed by atoms with van der Waals surface area (Å²) in [6, 6.07) is 0.882. The highest BCUT2D eigenvalue weighted by molar-refractivity contribution is 4.87. The summed E-state index contributed by atoms with van der Waals surface area (Å²) in [5.41, 5.74) is 0. The number of rotatable bonds is 0. The van der Waals surface area contributed by atoms with Gasteiger partial charge in [0.05, 0.1) is 0 Å². The number of fused-ring (bicyclic) bond motifs is 1. The first-order valence-corrected chi connectivity index (χ1v) is 5.11. The van der Waals surface area contributed by atoms with Crippen LogP contribution in [-0.2, 0) is 0 Å². The summed E-state index contributed by atoms with van der Waals surface area (Å²) in [6.07, 6.45) is 7.27. The van der Waals surface area contributed by atoms with Crippen molar-refractivity contribution in [3.8, 4) is 0 Å². The Kier molecular flexibility index (Phi) is 2.17. The summed E-state index contributed by atoms with van der Waals surface area (Å²) in [6.45, 7) is 3.70. The van der Waals surface area contributed by atoms with E-state index in [4.69, 9.17) is 0 Å². The van der Waals surface area contributed by atoms with E-state index in [9.17, 15) is 0 Å². The van der Waals surface area contributed by atoms with Gasteiger partial charge in [0.2, 0.25) is 0 Å². The van der Waals surface area contributed by atoms with Crippen molar-refractivity contribution in [2.75, 3.05) is 6.54 Å². The van der Waals surface area contributed by atoms with Gasteiger partial charge in [-0.3, -0.25) is 0 Å². The molecule has 1 saturated heterocycles. The molecule has 1 aliphatic carbocycles. The van der Waals surface area contributed by atoms with Crippen molar-refractivity contribution in [2.24, 2.45) is 11.8 Å². The molecule has 2 aliphatic rings. The molecule has 2 fully saturated rings. The molecule has 0 amide bonds. The molecule has 1 heteroatoms. The zero-order valence-electron chi connectivity index (χ0n) is 7.47. The van der Waals surface area contributed by atoms with Gasteiger partial charge in [-0.05, 0) is 37.6 Å². The van der Waals surface area contributed by atoms with Gasteiger partial charge in [0.1, 0.15) is 0 Å². The SMILES string of the molecule is C[C@H]1CCN[C@@H]2CCCC[C@@H]12. The highest BCUT2D eigenvalue weighted by Gasteiger charge is 2.31. The Balaban J connectivity index is 1.99. The smallest absolute Gasteiger partial charge is 0.00978 e. The molecule has 0 aromatic rings. The van der Waals surface area contributed by atoms with E-state index in [-0.39, 0.29) is 0 Å². The van der Waals surface area contributed by atoms with Gasteiger partial charge in [0.15, 0.2) is 0 Å². The Bertz CT molecular complexity index is 131. The Morgan fingerprint density at radius 1 is 1.09 bits per heavy atom. The maximum atomic E-state index is 3.65. The highest BCUT2D eigenvalue weighted by atomic mass is 14.9. The molecule has 0 aromatic carbocycles. The zero-order valence-corrected chi connectivity index (χ0v) is 7.47. The largest absolute Gasteiger partial charge is 0.314 e. The van der Waals surface area contributed by atoms with Crippen LogP contribution in [0.5, 0.6) is 0 Å². The third-order valence-corrected chi connectivity index (χ3v) is 3.56. The summed E-state index contributed by atoms with van der Waals surface area (Å²) in [5, 5.41) is 3.65. The Morgan fingerprint density at radius 2 is 1.91 bits per heavy atom. The van der Waals surface area contributed by atoms with Crippen LogP contribution in [0.2, 0.25) is 0 Å². The number of hydrogen-bond donors (Lipinski definition) is 1. The van der Waals surface area contributed by atoms with E-state index < -0.39 is 0 Å². The first kappa shape index (κ1) is 7.60. The van der Waals surface area contributed by atoms with Crippen LogP contribution >= 0.6 is 0 Å². The molecule has 0 spiro atoms. The molecule has 64 valence electrons. The Hall–Kier alpha value is -0.0400. The Labute approximate surface area is 69.6 Å². The van der Waals surface area contributed by atoms with Crippen molar-refractivity contribution < 1.29 is 0 Å². The average molecular weight is 153 g/mol. The van der Waals surface area contributed by atoms with Gasteiger partial charge in [0, 0.05) is 6.04 Å². The van der Waals surface area contributed by atoms with Crippen LogP contribution in [0.1, 0.15) is 39.0 Å². The maximum absolute atomic E-state index is 3.65. The fraction of sp³-hybridized carbons (Fsp3) is 1.00. The minimum absolute atomic E-state index is 0.882. The molecule has 1 nitrogen and oxygen atoms in total. The molecule has 0 unspecified atom stereocenters. The second-order valence-corrected chi connectivity index (χ2v) is 4.27. The maximum Gasteiger partial charge on any atom is 0.00978 e. The molecule has 1 N–H and O–H groups in total. The second kappa shape index (κ2) is 3.14. The van der Waals surface area contributed by atoms with E-state index in [0.717, 1.165) is 17.9 Å². The molecule has 11 heavy (non-hydrogen) atoms. The monoisotopic (exact) mass is 153 g/mol. The predicted molar refractivity (Wildman–Crippen MR) is 47.5 cm³/mol. The fourth-order valence-corrected chi connectivity index (χ4v) is 2.80. The van der Waals surface area contributed by atoms with Crippen LogP contribution in [0.3, 0.4) is 0 Å². The zero-order chi connectivity index (χ0) is 7.68. The van der Waals surface area contributed by atoms with E-state index in [1.54, 1.807) is 0 Å². The van der Waals surface area contributed by atoms with Gasteiger partial charge in [-0.1, -0.05) is 19.8 Å². The fourth-order valence-electron chi connectivity index (χ4n) is 2.80. The van der Waals surface area contributed by atoms with Crippen molar-refractivity contribution in [1.82, 2.24) is 5.32 Å². The van der Waals surface area contributed by atoms with E-state index >= 15 is 0 Å². The minimum Gasteiger partial charge on any atom is -0.314 e. The molecule has 1 saturated carbocycles. The van der Waals surface area contributed by atoms with Crippen LogP contribution in [0.25, 0.3) is 0 Å². The average Bonchev–Trinajstić information content (AvgIpc) is 2.06. The topological polar surface area (TPSA) is 12.0 Å². The lowest BCUT2D eigenvalue weighted by atomic mass is 9.74. The summed E-state index contributed by atoms with van der Waals surface area (Å²) in [7, 11) is 0. The van der Waals surface area contributed by atoms with Gasteiger partial charge < -0.3 is 5.32 Å². The summed E-state index contributed by atoms with van der Waals surface area (Å²) in [5.74, 6) is 2.00. The third-order valence-electron chi connectivity index (χ3n) is 3.56.